The Hall–Kier alpha value is -2.96. The third-order valence-corrected chi connectivity index (χ3v) is 4.43. The molecule has 2 aromatic rings. The van der Waals surface area contributed by atoms with E-state index in [2.05, 4.69) is 10.3 Å². The van der Waals surface area contributed by atoms with E-state index >= 15 is 0 Å². The highest BCUT2D eigenvalue weighted by Crippen LogP contribution is 2.22. The van der Waals surface area contributed by atoms with Gasteiger partial charge in [-0.3, -0.25) is 9.78 Å². The lowest BCUT2D eigenvalue weighted by molar-refractivity contribution is 0.0951. The molecule has 0 saturated carbocycles. The van der Waals surface area contributed by atoms with Gasteiger partial charge in [-0.25, -0.2) is 9.18 Å². The summed E-state index contributed by atoms with van der Waals surface area (Å²) in [6.07, 6.45) is 4.04. The number of rotatable bonds is 4. The number of methoxy groups -OCH3 is 1. The van der Waals surface area contributed by atoms with E-state index in [0.717, 1.165) is 16.7 Å². The summed E-state index contributed by atoms with van der Waals surface area (Å²) in [5.41, 5.74) is 3.26. The van der Waals surface area contributed by atoms with Crippen LogP contribution in [-0.4, -0.2) is 42.1 Å². The van der Waals surface area contributed by atoms with Crippen molar-refractivity contribution < 1.29 is 18.7 Å². The smallest absolute Gasteiger partial charge is 0.409 e. The summed E-state index contributed by atoms with van der Waals surface area (Å²) in [5.74, 6) is -0.469. The van der Waals surface area contributed by atoms with Crippen LogP contribution in [0.25, 0.3) is 0 Å². The lowest BCUT2D eigenvalue weighted by Gasteiger charge is -2.28. The van der Waals surface area contributed by atoms with Crippen molar-refractivity contribution in [3.8, 4) is 0 Å². The largest absolute Gasteiger partial charge is 0.453 e. The van der Waals surface area contributed by atoms with Gasteiger partial charge in [0.2, 0.25) is 0 Å². The van der Waals surface area contributed by atoms with E-state index in [0.29, 0.717) is 38.0 Å². The van der Waals surface area contributed by atoms with E-state index in [9.17, 15) is 14.0 Å². The normalized spacial score (nSPS) is 13.1. The average molecular weight is 357 g/mol. The monoisotopic (exact) mass is 357 g/mol. The lowest BCUT2D eigenvalue weighted by atomic mass is 9.97. The zero-order valence-corrected chi connectivity index (χ0v) is 14.5. The van der Waals surface area contributed by atoms with Crippen molar-refractivity contribution in [1.29, 1.82) is 0 Å². The summed E-state index contributed by atoms with van der Waals surface area (Å²) in [7, 11) is 1.35. The van der Waals surface area contributed by atoms with Crippen molar-refractivity contribution in [1.82, 2.24) is 15.2 Å². The van der Waals surface area contributed by atoms with Gasteiger partial charge < -0.3 is 15.0 Å². The molecule has 0 unspecified atom stereocenters. The number of aromatic nitrogens is 1. The number of amides is 2. The molecule has 0 bridgehead atoms. The van der Waals surface area contributed by atoms with Crippen molar-refractivity contribution in [2.24, 2.45) is 0 Å². The molecule has 0 fully saturated rings. The summed E-state index contributed by atoms with van der Waals surface area (Å²) in [6, 6.07) is 6.22. The first-order valence-electron chi connectivity index (χ1n) is 8.39. The van der Waals surface area contributed by atoms with Crippen LogP contribution in [0.4, 0.5) is 9.18 Å². The van der Waals surface area contributed by atoms with Crippen molar-refractivity contribution in [3.05, 3.63) is 64.7 Å². The Morgan fingerprint density at radius 1 is 1.27 bits per heavy atom. The second-order valence-corrected chi connectivity index (χ2v) is 6.10. The molecular formula is C19H20FN3O3. The molecule has 2 amide bonds. The van der Waals surface area contributed by atoms with Gasteiger partial charge in [-0.2, -0.15) is 0 Å². The minimum Gasteiger partial charge on any atom is -0.453 e. The zero-order valence-electron chi connectivity index (χ0n) is 14.5. The summed E-state index contributed by atoms with van der Waals surface area (Å²) in [4.78, 5) is 29.9. The third kappa shape index (κ3) is 3.99. The van der Waals surface area contributed by atoms with Crippen molar-refractivity contribution in [2.75, 3.05) is 20.2 Å². The van der Waals surface area contributed by atoms with Crippen LogP contribution >= 0.6 is 0 Å². The first-order valence-corrected chi connectivity index (χ1v) is 8.39. The molecule has 7 heteroatoms. The van der Waals surface area contributed by atoms with E-state index in [4.69, 9.17) is 4.74 Å². The van der Waals surface area contributed by atoms with Crippen LogP contribution in [-0.2, 0) is 24.1 Å². The third-order valence-electron chi connectivity index (χ3n) is 4.43. The molecule has 1 aromatic carbocycles. The standard InChI is InChI=1S/C19H20FN3O3/c1-26-19(25)23-9-7-16-14(12-23)10-21-11-17(16)18(24)22-8-6-13-2-4-15(20)5-3-13/h2-5,10-11H,6-9,12H2,1H3,(H,22,24). The Morgan fingerprint density at radius 2 is 2.04 bits per heavy atom. The number of halogens is 1. The van der Waals surface area contributed by atoms with Crippen LogP contribution in [0.15, 0.2) is 36.7 Å². The second-order valence-electron chi connectivity index (χ2n) is 6.10. The predicted octanol–water partition coefficient (Wildman–Crippen LogP) is 2.32. The highest BCUT2D eigenvalue weighted by Gasteiger charge is 2.25. The van der Waals surface area contributed by atoms with Gasteiger partial charge >= 0.3 is 6.09 Å². The number of hydrogen-bond acceptors (Lipinski definition) is 4. The van der Waals surface area contributed by atoms with E-state index in [1.54, 1.807) is 29.4 Å². The number of fused-ring (bicyclic) bond motifs is 1. The highest BCUT2D eigenvalue weighted by molar-refractivity contribution is 5.95. The van der Waals surface area contributed by atoms with Crippen LogP contribution < -0.4 is 5.32 Å². The molecule has 6 nitrogen and oxygen atoms in total. The minimum absolute atomic E-state index is 0.192. The first-order chi connectivity index (χ1) is 12.6. The maximum atomic E-state index is 12.9. The van der Waals surface area contributed by atoms with Crippen LogP contribution in [0.3, 0.4) is 0 Å². The van der Waals surface area contributed by atoms with Gasteiger partial charge in [-0.05, 0) is 41.7 Å². The highest BCUT2D eigenvalue weighted by atomic mass is 19.1. The molecule has 0 aliphatic carbocycles. The van der Waals surface area contributed by atoms with E-state index in [1.807, 2.05) is 0 Å². The second kappa shape index (κ2) is 7.95. The molecule has 26 heavy (non-hydrogen) atoms. The number of nitrogens with zero attached hydrogens (tertiary/aromatic N) is 2. The van der Waals surface area contributed by atoms with Gasteiger partial charge in [-0.15, -0.1) is 0 Å². The average Bonchev–Trinajstić information content (AvgIpc) is 2.67. The Morgan fingerprint density at radius 3 is 2.77 bits per heavy atom. The van der Waals surface area contributed by atoms with Gasteiger partial charge in [0.15, 0.2) is 0 Å². The lowest BCUT2D eigenvalue weighted by Crippen LogP contribution is -2.37. The number of nitrogens with one attached hydrogen (secondary N) is 1. The van der Waals surface area contributed by atoms with E-state index in [1.165, 1.54) is 19.2 Å². The van der Waals surface area contributed by atoms with Gasteiger partial charge in [0.1, 0.15) is 5.82 Å². The molecule has 0 atom stereocenters. The van der Waals surface area contributed by atoms with E-state index < -0.39 is 0 Å². The van der Waals surface area contributed by atoms with Crippen molar-refractivity contribution >= 4 is 12.0 Å². The zero-order chi connectivity index (χ0) is 18.5. The molecule has 0 spiro atoms. The molecule has 1 aliphatic heterocycles. The molecule has 1 aliphatic rings. The van der Waals surface area contributed by atoms with Crippen molar-refractivity contribution in [2.45, 2.75) is 19.4 Å². The van der Waals surface area contributed by atoms with Crippen LogP contribution in [0.1, 0.15) is 27.0 Å². The molecular weight excluding hydrogens is 337 g/mol. The SMILES string of the molecule is COC(=O)N1CCc2c(cncc2C(=O)NCCc2ccc(F)cc2)C1. The fraction of sp³-hybridized carbons (Fsp3) is 0.316. The van der Waals surface area contributed by atoms with Gasteiger partial charge in [-0.1, -0.05) is 12.1 Å². The van der Waals surface area contributed by atoms with Gasteiger partial charge in [0, 0.05) is 25.5 Å². The summed E-state index contributed by atoms with van der Waals surface area (Å²) >= 11 is 0. The number of ether oxygens (including phenoxy) is 1. The maximum absolute atomic E-state index is 12.9. The molecule has 2 heterocycles. The predicted molar refractivity (Wildman–Crippen MR) is 93.2 cm³/mol. The molecule has 3 rings (SSSR count). The Kier molecular flexibility index (Phi) is 5.46. The topological polar surface area (TPSA) is 71.5 Å². The van der Waals surface area contributed by atoms with Crippen molar-refractivity contribution in [3.63, 3.8) is 0 Å². The number of hydrogen-bond donors (Lipinski definition) is 1. The summed E-state index contributed by atoms with van der Waals surface area (Å²) in [5, 5.41) is 2.88. The van der Waals surface area contributed by atoms with Gasteiger partial charge in [0.25, 0.3) is 5.91 Å². The Bertz CT molecular complexity index is 808. The van der Waals surface area contributed by atoms with Crippen LogP contribution in [0.2, 0.25) is 0 Å². The van der Waals surface area contributed by atoms with Gasteiger partial charge in [0.05, 0.1) is 19.2 Å². The number of pyridine rings is 1. The fourth-order valence-corrected chi connectivity index (χ4v) is 3.04. The van der Waals surface area contributed by atoms with E-state index in [-0.39, 0.29) is 17.8 Å². The summed E-state index contributed by atoms with van der Waals surface area (Å²) < 4.78 is 17.7. The molecule has 1 N–H and O–H groups in total. The number of carbonyl (C=O) groups excluding carboxylic acids is 2. The minimum atomic E-state index is -0.384. The molecule has 1 aromatic heterocycles. The summed E-state index contributed by atoms with van der Waals surface area (Å²) in [6.45, 7) is 1.33. The van der Waals surface area contributed by atoms with Crippen LogP contribution in [0.5, 0.6) is 0 Å². The quantitative estimate of drug-likeness (QED) is 0.912. The molecule has 136 valence electrons. The fourth-order valence-electron chi connectivity index (χ4n) is 3.04. The molecule has 0 saturated heterocycles. The number of benzene rings is 1. The Balaban J connectivity index is 1.63. The Labute approximate surface area is 151 Å². The molecule has 0 radical (unpaired) electrons. The first kappa shape index (κ1) is 17.8. The van der Waals surface area contributed by atoms with Crippen LogP contribution in [0, 0.1) is 5.82 Å². The number of carbonyl (C=O) groups is 2. The maximum Gasteiger partial charge on any atom is 0.409 e.